The molecular weight excluding hydrogens is 520 g/mol. The van der Waals surface area contributed by atoms with Gasteiger partial charge >= 0.3 is 12.6 Å². The number of nitrogens with zero attached hydrogens (tertiary/aromatic N) is 5. The highest BCUT2D eigenvalue weighted by atomic mass is 35.5. The molecule has 5 heterocycles. The fourth-order valence-corrected chi connectivity index (χ4v) is 5.04. The van der Waals surface area contributed by atoms with Crippen molar-refractivity contribution in [3.8, 4) is 17.0 Å². The molecule has 9 nitrogen and oxygen atoms in total. The summed E-state index contributed by atoms with van der Waals surface area (Å²) in [6.45, 7) is -1.71. The fraction of sp³-hybridized carbons (Fsp3) is 0.308. The van der Waals surface area contributed by atoms with Crippen LogP contribution in [-0.4, -0.2) is 55.6 Å². The van der Waals surface area contributed by atoms with E-state index >= 15 is 0 Å². The van der Waals surface area contributed by atoms with Gasteiger partial charge < -0.3 is 18.9 Å². The first-order chi connectivity index (χ1) is 18.4. The number of pyridine rings is 2. The van der Waals surface area contributed by atoms with Gasteiger partial charge in [-0.3, -0.25) is 4.79 Å². The van der Waals surface area contributed by atoms with Crippen LogP contribution in [0.5, 0.6) is 5.75 Å². The van der Waals surface area contributed by atoms with Crippen LogP contribution in [0.15, 0.2) is 59.8 Å². The summed E-state index contributed by atoms with van der Waals surface area (Å²) >= 11 is 5.98. The highest BCUT2D eigenvalue weighted by Crippen LogP contribution is 2.34. The van der Waals surface area contributed by atoms with Gasteiger partial charge in [0.25, 0.3) is 5.56 Å². The number of amides is 1. The molecule has 0 spiro atoms. The number of cyclic esters (lactones) is 1. The lowest BCUT2D eigenvalue weighted by atomic mass is 10.0. The van der Waals surface area contributed by atoms with Crippen LogP contribution in [-0.2, 0) is 11.3 Å². The second-order valence-electron chi connectivity index (χ2n) is 9.32. The number of carbonyl (C=O) groups excluding carboxylic acids is 1. The Morgan fingerprint density at radius 1 is 1.18 bits per heavy atom. The van der Waals surface area contributed by atoms with Crippen molar-refractivity contribution in [3.05, 3.63) is 75.9 Å². The van der Waals surface area contributed by atoms with Gasteiger partial charge in [-0.1, -0.05) is 23.7 Å². The zero-order valence-electron chi connectivity index (χ0n) is 20.0. The summed E-state index contributed by atoms with van der Waals surface area (Å²) < 4.78 is 40.0. The van der Waals surface area contributed by atoms with E-state index in [1.807, 2.05) is 12.1 Å². The monoisotopic (exact) mass is 541 g/mol. The molecule has 196 valence electrons. The van der Waals surface area contributed by atoms with Gasteiger partial charge in [0, 0.05) is 42.4 Å². The number of hydrogen-bond acceptors (Lipinski definition) is 6. The molecule has 1 aromatic carbocycles. The molecule has 0 radical (unpaired) electrons. The quantitative estimate of drug-likeness (QED) is 0.351. The summed E-state index contributed by atoms with van der Waals surface area (Å²) in [5.74, 6) is 0.288. The molecule has 0 bridgehead atoms. The molecule has 2 aliphatic heterocycles. The number of carbonyl (C=O) groups is 1. The average molecular weight is 542 g/mol. The van der Waals surface area contributed by atoms with Gasteiger partial charge in [-0.15, -0.1) is 0 Å². The van der Waals surface area contributed by atoms with Crippen LogP contribution in [0.25, 0.3) is 22.2 Å². The van der Waals surface area contributed by atoms with Gasteiger partial charge in [0.15, 0.2) is 0 Å². The molecule has 0 N–H and O–H groups in total. The van der Waals surface area contributed by atoms with Crippen molar-refractivity contribution in [3.63, 3.8) is 0 Å². The molecule has 0 unspecified atom stereocenters. The number of hydrogen-bond donors (Lipinski definition) is 0. The normalized spacial score (nSPS) is 19.2. The van der Waals surface area contributed by atoms with Crippen LogP contribution in [0.3, 0.4) is 0 Å². The van der Waals surface area contributed by atoms with Crippen molar-refractivity contribution < 1.29 is 23.0 Å². The van der Waals surface area contributed by atoms with E-state index in [1.165, 1.54) is 12.4 Å². The molecule has 3 aromatic heterocycles. The molecule has 2 fully saturated rings. The number of piperidine rings is 1. The van der Waals surface area contributed by atoms with Crippen molar-refractivity contribution in [1.29, 1.82) is 0 Å². The fourth-order valence-electron chi connectivity index (χ4n) is 4.91. The third kappa shape index (κ3) is 4.58. The van der Waals surface area contributed by atoms with Crippen molar-refractivity contribution in [1.82, 2.24) is 24.2 Å². The lowest BCUT2D eigenvalue weighted by Crippen LogP contribution is -2.44. The zero-order chi connectivity index (χ0) is 26.4. The molecule has 12 heteroatoms. The summed E-state index contributed by atoms with van der Waals surface area (Å²) in [7, 11) is 0. The number of benzene rings is 1. The molecule has 6 rings (SSSR count). The second-order valence-corrected chi connectivity index (χ2v) is 9.75. The number of alkyl halides is 2. The summed E-state index contributed by atoms with van der Waals surface area (Å²) in [5, 5.41) is 4.67. The maximum atomic E-state index is 13.4. The predicted octanol–water partition coefficient (Wildman–Crippen LogP) is 4.72. The molecule has 0 saturated carbocycles. The molecule has 1 amide bonds. The van der Waals surface area contributed by atoms with Crippen LogP contribution in [0.1, 0.15) is 25.0 Å². The average Bonchev–Trinajstić information content (AvgIpc) is 3.54. The molecule has 2 saturated heterocycles. The molecular formula is C26H22ClF2N5O4. The van der Waals surface area contributed by atoms with E-state index in [2.05, 4.69) is 10.1 Å². The van der Waals surface area contributed by atoms with Gasteiger partial charge in [0.05, 0.1) is 29.7 Å². The second kappa shape index (κ2) is 9.71. The van der Waals surface area contributed by atoms with E-state index in [1.54, 1.807) is 39.9 Å². The standard InChI is InChI=1S/C26H22ClF2N5O4/c27-17-3-1-15(2-4-17)12-32-7-6-21-20(24(32)35)10-22(23(31-21)16-11-30-34(13-16)25(28)29)38-19-5-8-33-18(9-19)14-37-26(33)36/h1-4,6-7,10-11,13,18-19,25H,5,8-9,12,14H2/t18-,19-/m0/s1. The van der Waals surface area contributed by atoms with Crippen molar-refractivity contribution in [2.24, 2.45) is 0 Å². The van der Waals surface area contributed by atoms with Gasteiger partial charge in [-0.05, 0) is 29.8 Å². The predicted molar refractivity (Wildman–Crippen MR) is 135 cm³/mol. The minimum absolute atomic E-state index is 0.101. The van der Waals surface area contributed by atoms with Crippen molar-refractivity contribution in [2.45, 2.75) is 38.1 Å². The summed E-state index contributed by atoms with van der Waals surface area (Å²) in [6, 6.07) is 10.4. The van der Waals surface area contributed by atoms with Crippen LogP contribution in [0, 0.1) is 0 Å². The largest absolute Gasteiger partial charge is 0.488 e. The van der Waals surface area contributed by atoms with Gasteiger partial charge in [-0.25, -0.2) is 14.5 Å². The lowest BCUT2D eigenvalue weighted by molar-refractivity contribution is 0.0566. The molecule has 0 aliphatic carbocycles. The first kappa shape index (κ1) is 24.4. The summed E-state index contributed by atoms with van der Waals surface area (Å²) in [5.41, 5.74) is 1.68. The van der Waals surface area contributed by atoms with E-state index in [0.717, 1.165) is 5.56 Å². The summed E-state index contributed by atoms with van der Waals surface area (Å²) in [6.07, 6.45) is 4.60. The highest BCUT2D eigenvalue weighted by Gasteiger charge is 2.39. The number of aromatic nitrogens is 4. The van der Waals surface area contributed by atoms with Crippen LogP contribution >= 0.6 is 11.6 Å². The highest BCUT2D eigenvalue weighted by molar-refractivity contribution is 6.30. The van der Waals surface area contributed by atoms with Gasteiger partial charge in [0.2, 0.25) is 0 Å². The Balaban J connectivity index is 1.38. The van der Waals surface area contributed by atoms with Crippen LogP contribution in [0.4, 0.5) is 13.6 Å². The Kier molecular flexibility index (Phi) is 6.22. The molecule has 38 heavy (non-hydrogen) atoms. The number of rotatable bonds is 6. The maximum Gasteiger partial charge on any atom is 0.410 e. The van der Waals surface area contributed by atoms with E-state index in [9.17, 15) is 18.4 Å². The first-order valence-electron chi connectivity index (χ1n) is 12.1. The van der Waals surface area contributed by atoms with E-state index in [4.69, 9.17) is 21.1 Å². The van der Waals surface area contributed by atoms with Crippen LogP contribution < -0.4 is 10.3 Å². The topological polar surface area (TPSA) is 91.5 Å². The minimum atomic E-state index is -2.81. The first-order valence-corrected chi connectivity index (χ1v) is 12.4. The Morgan fingerprint density at radius 3 is 2.76 bits per heavy atom. The Bertz CT molecular complexity index is 1570. The van der Waals surface area contributed by atoms with Crippen molar-refractivity contribution >= 4 is 28.6 Å². The van der Waals surface area contributed by atoms with E-state index in [0.29, 0.717) is 57.8 Å². The third-order valence-electron chi connectivity index (χ3n) is 6.86. The summed E-state index contributed by atoms with van der Waals surface area (Å²) in [4.78, 5) is 31.6. The smallest absolute Gasteiger partial charge is 0.410 e. The van der Waals surface area contributed by atoms with Gasteiger partial charge in [-0.2, -0.15) is 13.9 Å². The number of ether oxygens (including phenoxy) is 2. The Morgan fingerprint density at radius 2 is 2.00 bits per heavy atom. The van der Waals surface area contributed by atoms with E-state index in [-0.39, 0.29) is 36.2 Å². The van der Waals surface area contributed by atoms with Crippen molar-refractivity contribution in [2.75, 3.05) is 13.2 Å². The Labute approximate surface area is 220 Å². The molecule has 2 aliphatic rings. The molecule has 4 aromatic rings. The third-order valence-corrected chi connectivity index (χ3v) is 7.11. The maximum absolute atomic E-state index is 13.4. The Hall–Kier alpha value is -3.99. The lowest BCUT2D eigenvalue weighted by Gasteiger charge is -2.32. The number of fused-ring (bicyclic) bond motifs is 2. The zero-order valence-corrected chi connectivity index (χ0v) is 20.7. The van der Waals surface area contributed by atoms with E-state index < -0.39 is 6.55 Å². The van der Waals surface area contributed by atoms with Crippen LogP contribution in [0.2, 0.25) is 5.02 Å². The number of halogens is 3. The molecule has 2 atom stereocenters. The van der Waals surface area contributed by atoms with Gasteiger partial charge in [0.1, 0.15) is 24.2 Å². The minimum Gasteiger partial charge on any atom is -0.488 e. The SMILES string of the molecule is O=C1OC[C@@H]2C[C@@H](Oc3cc4c(=O)n(Cc5ccc(Cl)cc5)ccc4nc3-c3cnn(C(F)F)c3)CCN12.